The van der Waals surface area contributed by atoms with E-state index in [4.69, 9.17) is 18.0 Å². The van der Waals surface area contributed by atoms with Crippen molar-refractivity contribution in [3.05, 3.63) is 11.9 Å². The molecule has 0 bridgehead atoms. The van der Waals surface area contributed by atoms with Gasteiger partial charge in [-0.1, -0.05) is 0 Å². The van der Waals surface area contributed by atoms with Gasteiger partial charge in [0.15, 0.2) is 5.11 Å². The Kier molecular flexibility index (Phi) is 3.62. The Morgan fingerprint density at radius 2 is 2.40 bits per heavy atom. The third kappa shape index (κ3) is 2.66. The Morgan fingerprint density at radius 3 is 2.93 bits per heavy atom. The Labute approximate surface area is 92.8 Å². The molecule has 1 aromatic heterocycles. The number of amides is 1. The largest absolute Gasteiger partial charge is 0.364 e. The lowest BCUT2D eigenvalue weighted by Crippen LogP contribution is -2.29. The summed E-state index contributed by atoms with van der Waals surface area (Å²) in [5, 5.41) is 10.1. The van der Waals surface area contributed by atoms with Gasteiger partial charge in [-0.15, -0.1) is 0 Å². The van der Waals surface area contributed by atoms with Crippen molar-refractivity contribution in [3.8, 4) is 0 Å². The number of aromatic nitrogens is 2. The Bertz CT molecular complexity index is 386. The van der Waals surface area contributed by atoms with E-state index in [0.29, 0.717) is 23.0 Å². The van der Waals surface area contributed by atoms with Crippen molar-refractivity contribution in [1.29, 1.82) is 0 Å². The fourth-order valence-corrected chi connectivity index (χ4v) is 1.40. The van der Waals surface area contributed by atoms with Crippen LogP contribution in [-0.4, -0.2) is 27.3 Å². The van der Waals surface area contributed by atoms with Gasteiger partial charge in [-0.05, 0) is 19.1 Å². The normalized spacial score (nSPS) is 9.73. The number of nitrogens with two attached hydrogens (primary N) is 1. The number of nitrogens with zero attached hydrogens (tertiary/aromatic N) is 2. The number of carbonyl (C=O) groups excluding carboxylic acids is 1. The first kappa shape index (κ1) is 11.4. The van der Waals surface area contributed by atoms with E-state index in [0.717, 1.165) is 0 Å². The molecular weight excluding hydrogens is 214 g/mol. The molecule has 0 saturated heterocycles. The van der Waals surface area contributed by atoms with Gasteiger partial charge < -0.3 is 16.4 Å². The van der Waals surface area contributed by atoms with Gasteiger partial charge in [0.1, 0.15) is 5.69 Å². The van der Waals surface area contributed by atoms with Crippen molar-refractivity contribution < 1.29 is 4.79 Å². The van der Waals surface area contributed by atoms with Crippen LogP contribution in [-0.2, 0) is 7.05 Å². The molecule has 0 radical (unpaired) electrons. The first-order valence-electron chi connectivity index (χ1n) is 4.43. The van der Waals surface area contributed by atoms with E-state index in [1.807, 2.05) is 6.92 Å². The van der Waals surface area contributed by atoms with Crippen LogP contribution in [0.15, 0.2) is 6.20 Å². The first-order valence-corrected chi connectivity index (χ1v) is 4.83. The van der Waals surface area contributed by atoms with Gasteiger partial charge in [0, 0.05) is 13.6 Å². The summed E-state index contributed by atoms with van der Waals surface area (Å²) >= 11 is 4.98. The fourth-order valence-electron chi connectivity index (χ4n) is 1.15. The quantitative estimate of drug-likeness (QED) is 0.624. The molecule has 0 aliphatic heterocycles. The Balaban J connectivity index is 2.86. The number of aryl methyl sites for hydroxylation is 1. The molecule has 7 heteroatoms. The minimum absolute atomic E-state index is 0.301. The molecule has 0 atom stereocenters. The van der Waals surface area contributed by atoms with E-state index in [9.17, 15) is 4.79 Å². The lowest BCUT2D eigenvalue weighted by Gasteiger charge is -2.07. The second-order valence-electron chi connectivity index (χ2n) is 2.88. The van der Waals surface area contributed by atoms with Crippen molar-refractivity contribution in [2.24, 2.45) is 12.8 Å². The number of hydrogen-bond acceptors (Lipinski definition) is 3. The van der Waals surface area contributed by atoms with E-state index in [2.05, 4.69) is 15.7 Å². The summed E-state index contributed by atoms with van der Waals surface area (Å²) in [5.41, 5.74) is 6.02. The molecule has 0 saturated carbocycles. The maximum absolute atomic E-state index is 11.1. The van der Waals surface area contributed by atoms with Gasteiger partial charge >= 0.3 is 0 Å². The predicted molar refractivity (Wildman–Crippen MR) is 61.6 cm³/mol. The van der Waals surface area contributed by atoms with Crippen LogP contribution >= 0.6 is 12.2 Å². The van der Waals surface area contributed by atoms with Gasteiger partial charge in [-0.3, -0.25) is 9.48 Å². The summed E-state index contributed by atoms with van der Waals surface area (Å²) in [5.74, 6) is -0.545. The topological polar surface area (TPSA) is 85.0 Å². The molecular formula is C8H13N5OS. The summed E-state index contributed by atoms with van der Waals surface area (Å²) < 4.78 is 1.40. The summed E-state index contributed by atoms with van der Waals surface area (Å²) in [6, 6.07) is 0. The molecule has 4 N–H and O–H groups in total. The minimum atomic E-state index is -0.545. The van der Waals surface area contributed by atoms with Gasteiger partial charge in [-0.2, -0.15) is 5.10 Å². The molecule has 82 valence electrons. The average Bonchev–Trinajstić information content (AvgIpc) is 2.47. The van der Waals surface area contributed by atoms with Crippen LogP contribution in [0, 0.1) is 0 Å². The average molecular weight is 227 g/mol. The summed E-state index contributed by atoms with van der Waals surface area (Å²) in [6.45, 7) is 2.63. The lowest BCUT2D eigenvalue weighted by molar-refractivity contribution is 0.0992. The second kappa shape index (κ2) is 4.74. The molecule has 0 spiro atoms. The molecule has 1 rings (SSSR count). The fraction of sp³-hybridized carbons (Fsp3) is 0.375. The molecule has 1 heterocycles. The highest BCUT2D eigenvalue weighted by Gasteiger charge is 2.14. The van der Waals surface area contributed by atoms with Gasteiger partial charge in [0.25, 0.3) is 5.91 Å². The molecule has 15 heavy (non-hydrogen) atoms. The third-order valence-corrected chi connectivity index (χ3v) is 2.00. The Hall–Kier alpha value is -1.63. The van der Waals surface area contributed by atoms with Crippen molar-refractivity contribution in [3.63, 3.8) is 0 Å². The van der Waals surface area contributed by atoms with Crippen molar-refractivity contribution in [2.45, 2.75) is 6.92 Å². The molecule has 1 aromatic rings. The monoisotopic (exact) mass is 227 g/mol. The maximum Gasteiger partial charge on any atom is 0.269 e. The number of hydrogen-bond donors (Lipinski definition) is 3. The van der Waals surface area contributed by atoms with Crippen LogP contribution in [0.4, 0.5) is 5.69 Å². The van der Waals surface area contributed by atoms with E-state index < -0.39 is 5.91 Å². The predicted octanol–water partition coefficient (Wildman–Crippen LogP) is -0.175. The van der Waals surface area contributed by atoms with Crippen LogP contribution in [0.3, 0.4) is 0 Å². The third-order valence-electron chi connectivity index (χ3n) is 1.76. The molecule has 0 aliphatic carbocycles. The van der Waals surface area contributed by atoms with Crippen molar-refractivity contribution >= 4 is 28.9 Å². The van der Waals surface area contributed by atoms with E-state index in [1.54, 1.807) is 7.05 Å². The number of rotatable bonds is 3. The van der Waals surface area contributed by atoms with Crippen LogP contribution < -0.4 is 16.4 Å². The summed E-state index contributed by atoms with van der Waals surface area (Å²) in [6.07, 6.45) is 1.50. The minimum Gasteiger partial charge on any atom is -0.364 e. The molecule has 0 aliphatic rings. The van der Waals surface area contributed by atoms with E-state index >= 15 is 0 Å². The SMILES string of the molecule is CCNC(=S)Nc1cnn(C)c1C(N)=O. The van der Waals surface area contributed by atoms with Gasteiger partial charge in [0.2, 0.25) is 0 Å². The number of carbonyl (C=O) groups is 1. The highest BCUT2D eigenvalue weighted by atomic mass is 32.1. The number of primary amides is 1. The lowest BCUT2D eigenvalue weighted by atomic mass is 10.3. The molecule has 0 unspecified atom stereocenters. The number of thiocarbonyl (C=S) groups is 1. The molecule has 0 fully saturated rings. The second-order valence-corrected chi connectivity index (χ2v) is 3.29. The molecule has 0 aromatic carbocycles. The van der Waals surface area contributed by atoms with Crippen LogP contribution in [0.25, 0.3) is 0 Å². The van der Waals surface area contributed by atoms with Crippen LogP contribution in [0.2, 0.25) is 0 Å². The van der Waals surface area contributed by atoms with Gasteiger partial charge in [-0.25, -0.2) is 0 Å². The van der Waals surface area contributed by atoms with Crippen LogP contribution in [0.1, 0.15) is 17.4 Å². The van der Waals surface area contributed by atoms with Crippen molar-refractivity contribution in [1.82, 2.24) is 15.1 Å². The highest BCUT2D eigenvalue weighted by Crippen LogP contribution is 2.12. The smallest absolute Gasteiger partial charge is 0.269 e. The zero-order chi connectivity index (χ0) is 11.4. The van der Waals surface area contributed by atoms with Crippen molar-refractivity contribution in [2.75, 3.05) is 11.9 Å². The molecule has 1 amide bonds. The number of anilines is 1. The summed E-state index contributed by atoms with van der Waals surface area (Å²) in [7, 11) is 1.64. The molecule has 6 nitrogen and oxygen atoms in total. The van der Waals surface area contributed by atoms with Gasteiger partial charge in [0.05, 0.1) is 11.9 Å². The zero-order valence-electron chi connectivity index (χ0n) is 8.57. The maximum atomic E-state index is 11.1. The Morgan fingerprint density at radius 1 is 1.73 bits per heavy atom. The van der Waals surface area contributed by atoms with Crippen LogP contribution in [0.5, 0.6) is 0 Å². The van der Waals surface area contributed by atoms with E-state index in [1.165, 1.54) is 10.9 Å². The number of nitrogens with one attached hydrogen (secondary N) is 2. The van der Waals surface area contributed by atoms with E-state index in [-0.39, 0.29) is 0 Å². The summed E-state index contributed by atoms with van der Waals surface area (Å²) in [4.78, 5) is 11.1. The first-order chi connectivity index (χ1) is 7.06. The standard InChI is InChI=1S/C8H13N5OS/c1-3-10-8(15)12-5-4-11-13(2)6(5)7(9)14/h4H,3H2,1-2H3,(H2,9,14)(H2,10,12,15). The highest BCUT2D eigenvalue weighted by molar-refractivity contribution is 7.80. The zero-order valence-corrected chi connectivity index (χ0v) is 9.39.